The molecule has 0 spiro atoms. The molecule has 33 heavy (non-hydrogen) atoms. The van der Waals surface area contributed by atoms with Crippen molar-refractivity contribution in [3.05, 3.63) is 95.6 Å². The van der Waals surface area contributed by atoms with Crippen molar-refractivity contribution in [2.24, 2.45) is 0 Å². The topological polar surface area (TPSA) is 93.7 Å². The van der Waals surface area contributed by atoms with E-state index in [1.54, 1.807) is 31.4 Å². The lowest BCUT2D eigenvalue weighted by Crippen LogP contribution is -2.30. The van der Waals surface area contributed by atoms with Crippen LogP contribution in [0.3, 0.4) is 0 Å². The summed E-state index contributed by atoms with van der Waals surface area (Å²) in [7, 11) is 1.60. The quantitative estimate of drug-likeness (QED) is 0.466. The molecule has 0 bridgehead atoms. The van der Waals surface area contributed by atoms with Crippen molar-refractivity contribution in [2.75, 3.05) is 25.6 Å². The van der Waals surface area contributed by atoms with Gasteiger partial charge < -0.3 is 20.1 Å². The van der Waals surface area contributed by atoms with Gasteiger partial charge in [0.25, 0.3) is 5.91 Å². The maximum atomic E-state index is 12.5. The van der Waals surface area contributed by atoms with Gasteiger partial charge in [-0.1, -0.05) is 54.6 Å². The summed E-state index contributed by atoms with van der Waals surface area (Å²) in [6.07, 6.45) is 0.820. The average Bonchev–Trinajstić information content (AvgIpc) is 2.84. The highest BCUT2D eigenvalue weighted by atomic mass is 16.5. The fourth-order valence-electron chi connectivity index (χ4n) is 3.14. The highest BCUT2D eigenvalue weighted by molar-refractivity contribution is 6.02. The Morgan fingerprint density at radius 1 is 0.788 bits per heavy atom. The van der Waals surface area contributed by atoms with Crippen LogP contribution in [0.1, 0.15) is 21.5 Å². The molecule has 0 aliphatic carbocycles. The van der Waals surface area contributed by atoms with Gasteiger partial charge in [-0.3, -0.25) is 9.59 Å². The second-order valence-corrected chi connectivity index (χ2v) is 7.28. The number of esters is 1. The average molecular weight is 447 g/mol. The number of anilines is 1. The Hall–Kier alpha value is -4.13. The number of benzene rings is 3. The molecule has 2 amide bonds. The summed E-state index contributed by atoms with van der Waals surface area (Å²) in [6, 6.07) is 23.4. The molecule has 7 heteroatoms. The van der Waals surface area contributed by atoms with Crippen LogP contribution in [0.2, 0.25) is 0 Å². The van der Waals surface area contributed by atoms with Gasteiger partial charge in [-0.2, -0.15) is 0 Å². The van der Waals surface area contributed by atoms with Crippen LogP contribution < -0.4 is 15.4 Å². The van der Waals surface area contributed by atoms with E-state index in [2.05, 4.69) is 10.6 Å². The molecule has 0 atom stereocenters. The zero-order valence-electron chi connectivity index (χ0n) is 18.4. The minimum atomic E-state index is -0.684. The first-order valence-corrected chi connectivity index (χ1v) is 10.5. The molecule has 0 saturated carbocycles. The Morgan fingerprint density at radius 2 is 1.48 bits per heavy atom. The Labute approximate surface area is 192 Å². The summed E-state index contributed by atoms with van der Waals surface area (Å²) in [4.78, 5) is 36.9. The zero-order valence-corrected chi connectivity index (χ0v) is 18.4. The van der Waals surface area contributed by atoms with Gasteiger partial charge in [0.2, 0.25) is 5.91 Å². The minimum absolute atomic E-state index is 0.181. The standard InChI is InChI=1S/C26H26N2O5/c1-32-21-13-11-19(12-14-21)15-16-27-25(30)18-33-26(31)22-9-5-6-10-23(22)28-24(29)17-20-7-3-2-4-8-20/h2-14H,15-18H2,1H3,(H,27,30)(H,28,29). The number of carbonyl (C=O) groups is 3. The number of amides is 2. The Kier molecular flexibility index (Phi) is 8.59. The number of carbonyl (C=O) groups excluding carboxylic acids is 3. The lowest BCUT2D eigenvalue weighted by atomic mass is 10.1. The number of para-hydroxylation sites is 1. The van der Waals surface area contributed by atoms with E-state index in [9.17, 15) is 14.4 Å². The monoisotopic (exact) mass is 446 g/mol. The number of hydrogen-bond donors (Lipinski definition) is 2. The second-order valence-electron chi connectivity index (χ2n) is 7.28. The first-order valence-electron chi connectivity index (χ1n) is 10.5. The highest BCUT2D eigenvalue weighted by Crippen LogP contribution is 2.17. The summed E-state index contributed by atoms with van der Waals surface area (Å²) in [6.45, 7) is 0.00256. The summed E-state index contributed by atoms with van der Waals surface area (Å²) in [5, 5.41) is 5.46. The predicted molar refractivity (Wildman–Crippen MR) is 125 cm³/mol. The third-order valence-electron chi connectivity index (χ3n) is 4.86. The Morgan fingerprint density at radius 3 is 2.21 bits per heavy atom. The molecule has 0 heterocycles. The van der Waals surface area contributed by atoms with E-state index in [1.807, 2.05) is 54.6 Å². The Bertz CT molecular complexity index is 1080. The highest BCUT2D eigenvalue weighted by Gasteiger charge is 2.16. The van der Waals surface area contributed by atoms with Crippen molar-refractivity contribution >= 4 is 23.5 Å². The first-order chi connectivity index (χ1) is 16.0. The van der Waals surface area contributed by atoms with Gasteiger partial charge in [-0.25, -0.2) is 4.79 Å². The van der Waals surface area contributed by atoms with Crippen molar-refractivity contribution in [1.82, 2.24) is 5.32 Å². The lowest BCUT2D eigenvalue weighted by Gasteiger charge is -2.11. The van der Waals surface area contributed by atoms with Crippen LogP contribution in [-0.4, -0.2) is 38.0 Å². The van der Waals surface area contributed by atoms with E-state index in [1.165, 1.54) is 0 Å². The molecule has 2 N–H and O–H groups in total. The van der Waals surface area contributed by atoms with Crippen molar-refractivity contribution < 1.29 is 23.9 Å². The molecule has 3 aromatic rings. The van der Waals surface area contributed by atoms with E-state index in [4.69, 9.17) is 9.47 Å². The predicted octanol–water partition coefficient (Wildman–Crippen LogP) is 3.39. The fourth-order valence-corrected chi connectivity index (χ4v) is 3.14. The molecule has 0 aliphatic rings. The van der Waals surface area contributed by atoms with Crippen LogP contribution in [0.4, 0.5) is 5.69 Å². The van der Waals surface area contributed by atoms with Crippen LogP contribution in [-0.2, 0) is 27.2 Å². The number of rotatable bonds is 10. The Balaban J connectivity index is 1.46. The fraction of sp³-hybridized carbons (Fsp3) is 0.192. The molecule has 170 valence electrons. The van der Waals surface area contributed by atoms with Gasteiger partial charge in [0, 0.05) is 6.54 Å². The summed E-state index contributed by atoms with van der Waals surface area (Å²) in [5.41, 5.74) is 2.43. The normalized spacial score (nSPS) is 10.2. The lowest BCUT2D eigenvalue weighted by molar-refractivity contribution is -0.124. The van der Waals surface area contributed by atoms with Gasteiger partial charge in [-0.05, 0) is 41.8 Å². The van der Waals surface area contributed by atoms with Gasteiger partial charge in [0.05, 0.1) is 24.8 Å². The summed E-state index contributed by atoms with van der Waals surface area (Å²) in [5.74, 6) is -0.567. The SMILES string of the molecule is COc1ccc(CCNC(=O)COC(=O)c2ccccc2NC(=O)Cc2ccccc2)cc1. The van der Waals surface area contributed by atoms with Gasteiger partial charge >= 0.3 is 5.97 Å². The van der Waals surface area contributed by atoms with E-state index in [-0.39, 0.29) is 17.9 Å². The molecule has 0 radical (unpaired) electrons. The molecule has 0 fully saturated rings. The molecule has 0 aromatic heterocycles. The van der Waals surface area contributed by atoms with Crippen molar-refractivity contribution in [3.63, 3.8) is 0 Å². The number of ether oxygens (including phenoxy) is 2. The largest absolute Gasteiger partial charge is 0.497 e. The molecule has 7 nitrogen and oxygen atoms in total. The minimum Gasteiger partial charge on any atom is -0.497 e. The third kappa shape index (κ3) is 7.50. The van der Waals surface area contributed by atoms with Crippen LogP contribution >= 0.6 is 0 Å². The molecule has 0 aliphatic heterocycles. The molecular weight excluding hydrogens is 420 g/mol. The summed E-state index contributed by atoms with van der Waals surface area (Å²) >= 11 is 0. The molecule has 0 saturated heterocycles. The summed E-state index contributed by atoms with van der Waals surface area (Å²) < 4.78 is 10.3. The number of nitrogens with one attached hydrogen (secondary N) is 2. The maximum Gasteiger partial charge on any atom is 0.340 e. The van der Waals surface area contributed by atoms with Gasteiger partial charge in [-0.15, -0.1) is 0 Å². The van der Waals surface area contributed by atoms with E-state index in [0.29, 0.717) is 18.7 Å². The van der Waals surface area contributed by atoms with E-state index < -0.39 is 18.5 Å². The van der Waals surface area contributed by atoms with Crippen molar-refractivity contribution in [3.8, 4) is 5.75 Å². The molecular formula is C26H26N2O5. The van der Waals surface area contributed by atoms with Crippen LogP contribution in [0.5, 0.6) is 5.75 Å². The van der Waals surface area contributed by atoms with E-state index >= 15 is 0 Å². The molecule has 0 unspecified atom stereocenters. The first kappa shape index (κ1) is 23.5. The van der Waals surface area contributed by atoms with Gasteiger partial charge in [0.15, 0.2) is 6.61 Å². The maximum absolute atomic E-state index is 12.5. The van der Waals surface area contributed by atoms with E-state index in [0.717, 1.165) is 16.9 Å². The smallest absolute Gasteiger partial charge is 0.340 e. The number of hydrogen-bond acceptors (Lipinski definition) is 5. The molecule has 3 aromatic carbocycles. The van der Waals surface area contributed by atoms with Gasteiger partial charge in [0.1, 0.15) is 5.75 Å². The number of methoxy groups -OCH3 is 1. The zero-order chi connectivity index (χ0) is 23.5. The second kappa shape index (κ2) is 12.0. The van der Waals surface area contributed by atoms with Crippen molar-refractivity contribution in [1.29, 1.82) is 0 Å². The molecule has 3 rings (SSSR count). The van der Waals surface area contributed by atoms with Crippen molar-refractivity contribution in [2.45, 2.75) is 12.8 Å². The van der Waals surface area contributed by atoms with Crippen LogP contribution in [0.15, 0.2) is 78.9 Å². The van der Waals surface area contributed by atoms with Crippen LogP contribution in [0, 0.1) is 0 Å². The van der Waals surface area contributed by atoms with Crippen LogP contribution in [0.25, 0.3) is 0 Å². The third-order valence-corrected chi connectivity index (χ3v) is 4.86.